The van der Waals surface area contributed by atoms with E-state index in [4.69, 9.17) is 10.5 Å². The van der Waals surface area contributed by atoms with E-state index in [1.807, 2.05) is 23.7 Å². The van der Waals surface area contributed by atoms with Gasteiger partial charge in [0.2, 0.25) is 0 Å². The normalized spacial score (nSPS) is 10.8. The molecule has 0 aliphatic rings. The van der Waals surface area contributed by atoms with Crippen molar-refractivity contribution < 1.29 is 9.53 Å². The Bertz CT molecular complexity index is 560. The van der Waals surface area contributed by atoms with E-state index in [1.165, 1.54) is 0 Å². The number of hydrogen-bond acceptors (Lipinski definition) is 4. The number of nitrogens with two attached hydrogens (primary N) is 1. The highest BCUT2D eigenvalue weighted by molar-refractivity contribution is 6.04. The zero-order valence-corrected chi connectivity index (χ0v) is 9.93. The summed E-state index contributed by atoms with van der Waals surface area (Å²) in [6.07, 6.45) is 1.66. The van der Waals surface area contributed by atoms with Crippen molar-refractivity contribution in [2.45, 2.75) is 13.5 Å². The van der Waals surface area contributed by atoms with Gasteiger partial charge in [-0.2, -0.15) is 0 Å². The standard InChI is InChI=1S/C12H15N3O2/c1-3-17-12(16)10-9(7-13)15(2)8-5-4-6-14-11(8)10/h4-6H,3,7,13H2,1-2H3. The van der Waals surface area contributed by atoms with Crippen molar-refractivity contribution in [1.29, 1.82) is 0 Å². The number of carbonyl (C=O) groups is 1. The van der Waals surface area contributed by atoms with Crippen LogP contribution in [0.1, 0.15) is 23.0 Å². The van der Waals surface area contributed by atoms with Crippen LogP contribution in [0, 0.1) is 0 Å². The Labute approximate surface area is 99.2 Å². The van der Waals surface area contributed by atoms with Gasteiger partial charge in [-0.05, 0) is 19.1 Å². The molecule has 0 saturated heterocycles. The third kappa shape index (κ3) is 1.78. The number of aryl methyl sites for hydroxylation is 1. The molecule has 0 aromatic carbocycles. The predicted octanol–water partition coefficient (Wildman–Crippen LogP) is 1.21. The number of pyridine rings is 1. The average molecular weight is 233 g/mol. The molecule has 0 radical (unpaired) electrons. The van der Waals surface area contributed by atoms with Crippen LogP contribution in [-0.2, 0) is 18.3 Å². The molecule has 90 valence electrons. The highest BCUT2D eigenvalue weighted by atomic mass is 16.5. The Hall–Kier alpha value is -1.88. The minimum atomic E-state index is -0.364. The van der Waals surface area contributed by atoms with E-state index in [0.29, 0.717) is 17.7 Å². The number of rotatable bonds is 3. The van der Waals surface area contributed by atoms with Gasteiger partial charge in [0.25, 0.3) is 0 Å². The fourth-order valence-corrected chi connectivity index (χ4v) is 1.97. The van der Waals surface area contributed by atoms with E-state index in [1.54, 1.807) is 13.1 Å². The van der Waals surface area contributed by atoms with Crippen LogP contribution in [0.25, 0.3) is 11.0 Å². The lowest BCUT2D eigenvalue weighted by atomic mass is 10.2. The lowest BCUT2D eigenvalue weighted by molar-refractivity contribution is 0.0527. The van der Waals surface area contributed by atoms with E-state index >= 15 is 0 Å². The SMILES string of the molecule is CCOC(=O)c1c(CN)n(C)c2cccnc12. The second-order valence-corrected chi connectivity index (χ2v) is 3.68. The van der Waals surface area contributed by atoms with Crippen LogP contribution >= 0.6 is 0 Å². The quantitative estimate of drug-likeness (QED) is 0.809. The maximum atomic E-state index is 11.9. The molecule has 5 heteroatoms. The fraction of sp³-hybridized carbons (Fsp3) is 0.333. The molecular weight excluding hydrogens is 218 g/mol. The molecule has 0 fully saturated rings. The number of hydrogen-bond donors (Lipinski definition) is 1. The molecule has 0 aliphatic heterocycles. The molecule has 0 amide bonds. The van der Waals surface area contributed by atoms with Gasteiger partial charge in [-0.25, -0.2) is 4.79 Å². The van der Waals surface area contributed by atoms with Gasteiger partial charge in [0.15, 0.2) is 0 Å². The number of ether oxygens (including phenoxy) is 1. The van der Waals surface area contributed by atoms with Gasteiger partial charge in [-0.1, -0.05) is 0 Å². The zero-order valence-electron chi connectivity index (χ0n) is 9.93. The first-order valence-corrected chi connectivity index (χ1v) is 5.50. The van der Waals surface area contributed by atoms with Crippen molar-refractivity contribution in [3.05, 3.63) is 29.6 Å². The summed E-state index contributed by atoms with van der Waals surface area (Å²) in [7, 11) is 1.87. The van der Waals surface area contributed by atoms with Crippen molar-refractivity contribution in [3.63, 3.8) is 0 Å². The van der Waals surface area contributed by atoms with Crippen molar-refractivity contribution >= 4 is 17.0 Å². The molecular formula is C12H15N3O2. The van der Waals surface area contributed by atoms with Crippen LogP contribution < -0.4 is 5.73 Å². The van der Waals surface area contributed by atoms with E-state index in [-0.39, 0.29) is 12.5 Å². The second-order valence-electron chi connectivity index (χ2n) is 3.68. The number of fused-ring (bicyclic) bond motifs is 1. The molecule has 0 unspecified atom stereocenters. The fourth-order valence-electron chi connectivity index (χ4n) is 1.97. The molecule has 0 bridgehead atoms. The number of carbonyl (C=O) groups excluding carboxylic acids is 1. The van der Waals surface area contributed by atoms with Crippen molar-refractivity contribution in [3.8, 4) is 0 Å². The first-order chi connectivity index (χ1) is 8.20. The van der Waals surface area contributed by atoms with Crippen molar-refractivity contribution in [1.82, 2.24) is 9.55 Å². The van der Waals surface area contributed by atoms with Crippen LogP contribution in [0.2, 0.25) is 0 Å². The minimum absolute atomic E-state index is 0.279. The Kier molecular flexibility index (Phi) is 3.10. The summed E-state index contributed by atoms with van der Waals surface area (Å²) in [6, 6.07) is 3.74. The van der Waals surface area contributed by atoms with Gasteiger partial charge in [-0.3, -0.25) is 4.98 Å². The van der Waals surface area contributed by atoms with Gasteiger partial charge in [0.05, 0.1) is 12.1 Å². The third-order valence-corrected chi connectivity index (χ3v) is 2.75. The van der Waals surface area contributed by atoms with Gasteiger partial charge >= 0.3 is 5.97 Å². The van der Waals surface area contributed by atoms with E-state index < -0.39 is 0 Å². The Morgan fingerprint density at radius 3 is 3.00 bits per heavy atom. The van der Waals surface area contributed by atoms with Crippen LogP contribution in [0.5, 0.6) is 0 Å². The molecule has 17 heavy (non-hydrogen) atoms. The number of esters is 1. The minimum Gasteiger partial charge on any atom is -0.462 e. The molecule has 0 atom stereocenters. The van der Waals surface area contributed by atoms with E-state index in [2.05, 4.69) is 4.98 Å². The maximum absolute atomic E-state index is 11.9. The maximum Gasteiger partial charge on any atom is 0.342 e. The van der Waals surface area contributed by atoms with Gasteiger partial charge < -0.3 is 15.0 Å². The molecule has 2 aromatic heterocycles. The summed E-state index contributed by atoms with van der Waals surface area (Å²) in [4.78, 5) is 16.2. The summed E-state index contributed by atoms with van der Waals surface area (Å²) in [6.45, 7) is 2.39. The van der Waals surface area contributed by atoms with Crippen LogP contribution in [0.4, 0.5) is 0 Å². The summed E-state index contributed by atoms with van der Waals surface area (Å²) in [5, 5.41) is 0. The van der Waals surface area contributed by atoms with E-state index in [0.717, 1.165) is 11.2 Å². The Morgan fingerprint density at radius 2 is 2.35 bits per heavy atom. The summed E-state index contributed by atoms with van der Waals surface area (Å²) < 4.78 is 6.93. The topological polar surface area (TPSA) is 70.1 Å². The molecule has 2 heterocycles. The highest BCUT2D eigenvalue weighted by Crippen LogP contribution is 2.23. The summed E-state index contributed by atoms with van der Waals surface area (Å²) >= 11 is 0. The monoisotopic (exact) mass is 233 g/mol. The van der Waals surface area contributed by atoms with E-state index in [9.17, 15) is 4.79 Å². The zero-order chi connectivity index (χ0) is 12.4. The first kappa shape index (κ1) is 11.6. The molecule has 2 aromatic rings. The van der Waals surface area contributed by atoms with Crippen LogP contribution in [-0.4, -0.2) is 22.1 Å². The summed E-state index contributed by atoms with van der Waals surface area (Å²) in [5.74, 6) is -0.364. The molecule has 2 N–H and O–H groups in total. The number of nitrogens with zero attached hydrogens (tertiary/aromatic N) is 2. The van der Waals surface area contributed by atoms with Crippen molar-refractivity contribution in [2.75, 3.05) is 6.61 Å². The van der Waals surface area contributed by atoms with Crippen LogP contribution in [0.3, 0.4) is 0 Å². The summed E-state index contributed by atoms with van der Waals surface area (Å²) in [5.41, 5.74) is 8.45. The van der Waals surface area contributed by atoms with Gasteiger partial charge in [-0.15, -0.1) is 0 Å². The highest BCUT2D eigenvalue weighted by Gasteiger charge is 2.21. The third-order valence-electron chi connectivity index (χ3n) is 2.75. The average Bonchev–Trinajstić information content (AvgIpc) is 2.63. The smallest absolute Gasteiger partial charge is 0.342 e. The second kappa shape index (κ2) is 4.55. The lowest BCUT2D eigenvalue weighted by Crippen LogP contribution is -2.12. The van der Waals surface area contributed by atoms with Crippen molar-refractivity contribution in [2.24, 2.45) is 12.8 Å². The molecule has 5 nitrogen and oxygen atoms in total. The Balaban J connectivity index is 2.71. The molecule has 2 rings (SSSR count). The predicted molar refractivity (Wildman–Crippen MR) is 64.6 cm³/mol. The largest absolute Gasteiger partial charge is 0.462 e. The Morgan fingerprint density at radius 1 is 1.59 bits per heavy atom. The molecule has 0 spiro atoms. The molecule has 0 aliphatic carbocycles. The van der Waals surface area contributed by atoms with Gasteiger partial charge in [0.1, 0.15) is 11.1 Å². The first-order valence-electron chi connectivity index (χ1n) is 5.50. The lowest BCUT2D eigenvalue weighted by Gasteiger charge is -2.04. The van der Waals surface area contributed by atoms with Gasteiger partial charge in [0, 0.05) is 25.5 Å². The number of aromatic nitrogens is 2. The molecule has 0 saturated carbocycles. The van der Waals surface area contributed by atoms with Crippen LogP contribution in [0.15, 0.2) is 18.3 Å².